The minimum Gasteiger partial charge on any atom is -0.494 e. The van der Waals surface area contributed by atoms with Crippen molar-refractivity contribution in [3.05, 3.63) is 41.2 Å². The normalized spacial score (nSPS) is 11.8. The predicted molar refractivity (Wildman–Crippen MR) is 72.3 cm³/mol. The molecular weight excluding hydrogens is 285 g/mol. The van der Waals surface area contributed by atoms with E-state index < -0.39 is 33.2 Å². The number of hydrogen-bond acceptors (Lipinski definition) is 4. The lowest BCUT2D eigenvalue weighted by Gasteiger charge is -2.09. The first kappa shape index (κ1) is 14.4. The van der Waals surface area contributed by atoms with E-state index in [9.17, 15) is 23.0 Å². The van der Waals surface area contributed by atoms with Gasteiger partial charge in [-0.25, -0.2) is 17.4 Å². The largest absolute Gasteiger partial charge is 0.494 e. The summed E-state index contributed by atoms with van der Waals surface area (Å²) < 4.78 is 37.2. The second kappa shape index (κ2) is 4.82. The molecule has 0 saturated carbocycles. The Labute approximate surface area is 115 Å². The highest BCUT2D eigenvalue weighted by Crippen LogP contribution is 2.33. The molecule has 0 aliphatic rings. The summed E-state index contributed by atoms with van der Waals surface area (Å²) in [6.07, 6.45) is 1.01. The Hall–Kier alpha value is -2.02. The van der Waals surface area contributed by atoms with Crippen LogP contribution in [0.4, 0.5) is 4.39 Å². The van der Waals surface area contributed by atoms with Crippen molar-refractivity contribution in [2.45, 2.75) is 12.7 Å². The monoisotopic (exact) mass is 299 g/mol. The smallest absolute Gasteiger partial charge is 0.203 e. The molecule has 1 aromatic carbocycles. The molecule has 0 unspecified atom stereocenters. The number of halogens is 1. The Balaban J connectivity index is 2.61. The average Bonchev–Trinajstić information content (AvgIpc) is 2.56. The molecule has 2 rings (SSSR count). The van der Waals surface area contributed by atoms with Gasteiger partial charge < -0.3 is 10.2 Å². The molecule has 5 nitrogen and oxygen atoms in total. The summed E-state index contributed by atoms with van der Waals surface area (Å²) in [5, 5.41) is 19.8. The first-order chi connectivity index (χ1) is 9.19. The molecule has 0 amide bonds. The summed E-state index contributed by atoms with van der Waals surface area (Å²) in [7, 11) is -3.38. The maximum atomic E-state index is 13.8. The third kappa shape index (κ3) is 2.77. The summed E-state index contributed by atoms with van der Waals surface area (Å²) in [6, 6.07) is 5.31. The molecule has 0 aliphatic heterocycles. The zero-order chi connectivity index (χ0) is 15.1. The zero-order valence-electron chi connectivity index (χ0n) is 11.0. The van der Waals surface area contributed by atoms with Crippen LogP contribution in [0.15, 0.2) is 24.3 Å². The van der Waals surface area contributed by atoms with Gasteiger partial charge in [-0.3, -0.25) is 0 Å². The molecule has 0 aliphatic carbocycles. The van der Waals surface area contributed by atoms with Gasteiger partial charge in [0.15, 0.2) is 15.7 Å². The maximum absolute atomic E-state index is 13.8. The van der Waals surface area contributed by atoms with E-state index in [4.69, 9.17) is 0 Å². The molecule has 0 bridgehead atoms. The Morgan fingerprint density at radius 1 is 1.25 bits per heavy atom. The van der Waals surface area contributed by atoms with Gasteiger partial charge in [-0.2, -0.15) is 0 Å². The number of aryl methyl sites for hydroxylation is 1. The SMILES string of the molecule is Cc1ccc(F)c(-n2c(O)cc(CS(C)(=O)=O)c2O)c1. The number of nitrogens with zero attached hydrogens (tertiary/aromatic N) is 1. The highest BCUT2D eigenvalue weighted by molar-refractivity contribution is 7.89. The van der Waals surface area contributed by atoms with Crippen molar-refractivity contribution in [2.24, 2.45) is 0 Å². The molecule has 20 heavy (non-hydrogen) atoms. The lowest BCUT2D eigenvalue weighted by Crippen LogP contribution is -2.01. The number of hydrogen-bond donors (Lipinski definition) is 2. The van der Waals surface area contributed by atoms with Crippen LogP contribution in [0.2, 0.25) is 0 Å². The van der Waals surface area contributed by atoms with E-state index in [2.05, 4.69) is 0 Å². The van der Waals surface area contributed by atoms with Crippen LogP contribution in [0.5, 0.6) is 11.8 Å². The molecule has 7 heteroatoms. The van der Waals surface area contributed by atoms with Gasteiger partial charge in [0.25, 0.3) is 0 Å². The second-order valence-electron chi connectivity index (χ2n) is 4.71. The van der Waals surface area contributed by atoms with E-state index in [1.54, 1.807) is 13.0 Å². The molecule has 108 valence electrons. The fraction of sp³-hybridized carbons (Fsp3) is 0.231. The van der Waals surface area contributed by atoms with Gasteiger partial charge in [0.05, 0.1) is 11.4 Å². The van der Waals surface area contributed by atoms with E-state index in [1.807, 2.05) is 0 Å². The molecule has 2 aromatic rings. The molecule has 0 fully saturated rings. The lowest BCUT2D eigenvalue weighted by molar-refractivity contribution is 0.397. The fourth-order valence-electron chi connectivity index (χ4n) is 1.96. The molecule has 0 radical (unpaired) electrons. The van der Waals surface area contributed by atoms with E-state index in [0.717, 1.165) is 22.5 Å². The average molecular weight is 299 g/mol. The Bertz CT molecular complexity index is 765. The van der Waals surface area contributed by atoms with Crippen molar-refractivity contribution in [1.29, 1.82) is 0 Å². The van der Waals surface area contributed by atoms with Gasteiger partial charge in [-0.05, 0) is 24.6 Å². The summed E-state index contributed by atoms with van der Waals surface area (Å²) >= 11 is 0. The van der Waals surface area contributed by atoms with Crippen molar-refractivity contribution in [3.8, 4) is 17.4 Å². The number of aromatic hydroxyl groups is 2. The van der Waals surface area contributed by atoms with Gasteiger partial charge in [0.2, 0.25) is 5.88 Å². The van der Waals surface area contributed by atoms with Crippen molar-refractivity contribution in [2.75, 3.05) is 6.26 Å². The van der Waals surface area contributed by atoms with Crippen molar-refractivity contribution in [3.63, 3.8) is 0 Å². The third-order valence-electron chi connectivity index (χ3n) is 2.79. The summed E-state index contributed by atoms with van der Waals surface area (Å²) in [4.78, 5) is 0. The van der Waals surface area contributed by atoms with Gasteiger partial charge >= 0.3 is 0 Å². The first-order valence-electron chi connectivity index (χ1n) is 5.76. The van der Waals surface area contributed by atoms with Crippen LogP contribution in [-0.2, 0) is 15.6 Å². The van der Waals surface area contributed by atoms with Crippen molar-refractivity contribution in [1.82, 2.24) is 4.57 Å². The zero-order valence-corrected chi connectivity index (χ0v) is 11.8. The summed E-state index contributed by atoms with van der Waals surface area (Å²) in [6.45, 7) is 1.73. The minimum absolute atomic E-state index is 0.0194. The molecule has 0 spiro atoms. The van der Waals surface area contributed by atoms with Gasteiger partial charge in [-0.1, -0.05) is 6.07 Å². The van der Waals surface area contributed by atoms with Gasteiger partial charge in [0.1, 0.15) is 5.82 Å². The van der Waals surface area contributed by atoms with Crippen molar-refractivity contribution >= 4 is 9.84 Å². The molecule has 2 N–H and O–H groups in total. The van der Waals surface area contributed by atoms with Crippen molar-refractivity contribution < 1.29 is 23.0 Å². The number of aromatic nitrogens is 1. The highest BCUT2D eigenvalue weighted by Gasteiger charge is 2.20. The Morgan fingerprint density at radius 2 is 1.90 bits per heavy atom. The van der Waals surface area contributed by atoms with Gasteiger partial charge in [0, 0.05) is 17.9 Å². The van der Waals surface area contributed by atoms with Crippen LogP contribution in [0.25, 0.3) is 5.69 Å². The van der Waals surface area contributed by atoms with Crippen LogP contribution in [-0.4, -0.2) is 29.5 Å². The molecule has 0 saturated heterocycles. The quantitative estimate of drug-likeness (QED) is 0.907. The van der Waals surface area contributed by atoms with Crippen LogP contribution in [0.1, 0.15) is 11.1 Å². The minimum atomic E-state index is -3.38. The van der Waals surface area contributed by atoms with E-state index >= 15 is 0 Å². The third-order valence-corrected chi connectivity index (χ3v) is 3.63. The summed E-state index contributed by atoms with van der Waals surface area (Å²) in [5.74, 6) is -1.99. The van der Waals surface area contributed by atoms with Crippen LogP contribution in [0.3, 0.4) is 0 Å². The summed E-state index contributed by atoms with van der Waals surface area (Å²) in [5.41, 5.74) is 0.712. The Morgan fingerprint density at radius 3 is 2.50 bits per heavy atom. The van der Waals surface area contributed by atoms with Crippen LogP contribution >= 0.6 is 0 Å². The molecular formula is C13H14FNO4S. The van der Waals surface area contributed by atoms with E-state index in [-0.39, 0.29) is 11.3 Å². The van der Waals surface area contributed by atoms with E-state index in [1.165, 1.54) is 12.1 Å². The molecule has 1 heterocycles. The first-order valence-corrected chi connectivity index (χ1v) is 7.82. The van der Waals surface area contributed by atoms with E-state index in [0.29, 0.717) is 0 Å². The topological polar surface area (TPSA) is 79.5 Å². The number of sulfone groups is 1. The Kier molecular flexibility index (Phi) is 3.47. The maximum Gasteiger partial charge on any atom is 0.203 e. The number of benzene rings is 1. The second-order valence-corrected chi connectivity index (χ2v) is 6.85. The van der Waals surface area contributed by atoms with Crippen LogP contribution < -0.4 is 0 Å². The lowest BCUT2D eigenvalue weighted by atomic mass is 10.2. The molecule has 0 atom stereocenters. The standard InChI is InChI=1S/C13H14FNO4S/c1-8-3-4-10(14)11(5-8)15-12(16)6-9(13(15)17)7-20(2,18)19/h3-6,16-17H,7H2,1-2H3. The predicted octanol–water partition coefficient (Wildman–Crippen LogP) is 1.88. The number of rotatable bonds is 3. The highest BCUT2D eigenvalue weighted by atomic mass is 32.2. The van der Waals surface area contributed by atoms with Gasteiger partial charge in [-0.15, -0.1) is 0 Å². The van der Waals surface area contributed by atoms with Crippen LogP contribution in [0, 0.1) is 12.7 Å². The molecule has 1 aromatic heterocycles. The fourth-order valence-corrected chi connectivity index (χ4v) is 2.73.